The third-order valence-corrected chi connectivity index (χ3v) is 5.08. The average molecular weight is 380 g/mol. The molecular formula is C24H28O4. The van der Waals surface area contributed by atoms with Crippen molar-refractivity contribution in [2.75, 3.05) is 20.5 Å². The summed E-state index contributed by atoms with van der Waals surface area (Å²) in [6.07, 6.45) is 4.59. The lowest BCUT2D eigenvalue weighted by atomic mass is 9.84. The Morgan fingerprint density at radius 2 is 1.64 bits per heavy atom. The second-order valence-corrected chi connectivity index (χ2v) is 6.93. The van der Waals surface area contributed by atoms with E-state index in [9.17, 15) is 4.79 Å². The van der Waals surface area contributed by atoms with E-state index in [1.807, 2.05) is 49.4 Å². The summed E-state index contributed by atoms with van der Waals surface area (Å²) in [7, 11) is 1.59. The molecule has 1 aliphatic rings. The van der Waals surface area contributed by atoms with Crippen LogP contribution in [0.2, 0.25) is 0 Å². The van der Waals surface area contributed by atoms with Crippen LogP contribution < -0.4 is 4.74 Å². The van der Waals surface area contributed by atoms with E-state index in [0.29, 0.717) is 23.8 Å². The number of esters is 1. The molecule has 1 fully saturated rings. The van der Waals surface area contributed by atoms with Gasteiger partial charge in [0.05, 0.1) is 12.2 Å². The lowest BCUT2D eigenvalue weighted by molar-refractivity contribution is -0.136. The first-order valence-electron chi connectivity index (χ1n) is 9.93. The van der Waals surface area contributed by atoms with Gasteiger partial charge in [-0.05, 0) is 54.5 Å². The van der Waals surface area contributed by atoms with Gasteiger partial charge >= 0.3 is 5.97 Å². The van der Waals surface area contributed by atoms with Crippen LogP contribution in [-0.4, -0.2) is 26.5 Å². The van der Waals surface area contributed by atoms with Crippen molar-refractivity contribution in [1.82, 2.24) is 0 Å². The fraction of sp³-hybridized carbons (Fsp3) is 0.375. The summed E-state index contributed by atoms with van der Waals surface area (Å²) in [6.45, 7) is 2.39. The standard InChI is InChI=1S/C24H28O4/c1-3-27-24(25)23(20-13-15-21(16-14-20)28-17-26-2)22(19-11-7-8-12-19)18-9-5-4-6-10-18/h4-6,9-10,13-16,19H,3,7-8,11-12,17H2,1-2H3. The number of hydrogen-bond acceptors (Lipinski definition) is 4. The van der Waals surface area contributed by atoms with Crippen molar-refractivity contribution < 1.29 is 19.0 Å². The molecule has 0 bridgehead atoms. The number of hydrogen-bond donors (Lipinski definition) is 0. The van der Waals surface area contributed by atoms with Gasteiger partial charge in [-0.25, -0.2) is 4.79 Å². The Bertz CT molecular complexity index is 787. The van der Waals surface area contributed by atoms with E-state index in [1.54, 1.807) is 7.11 Å². The summed E-state index contributed by atoms with van der Waals surface area (Å²) >= 11 is 0. The highest BCUT2D eigenvalue weighted by atomic mass is 16.7. The summed E-state index contributed by atoms with van der Waals surface area (Å²) in [6, 6.07) is 17.8. The van der Waals surface area contributed by atoms with Crippen LogP contribution in [0.25, 0.3) is 11.1 Å². The van der Waals surface area contributed by atoms with E-state index in [4.69, 9.17) is 14.2 Å². The molecule has 28 heavy (non-hydrogen) atoms. The van der Waals surface area contributed by atoms with Gasteiger partial charge in [0.1, 0.15) is 5.75 Å². The Labute approximate surface area is 167 Å². The Balaban J connectivity index is 2.10. The average Bonchev–Trinajstić information content (AvgIpc) is 3.26. The second kappa shape index (κ2) is 10.1. The molecule has 148 valence electrons. The maximum absolute atomic E-state index is 13.0. The van der Waals surface area contributed by atoms with Gasteiger partial charge < -0.3 is 14.2 Å². The van der Waals surface area contributed by atoms with Crippen molar-refractivity contribution in [3.8, 4) is 5.75 Å². The quantitative estimate of drug-likeness (QED) is 0.269. The number of allylic oxidation sites excluding steroid dienone is 1. The maximum atomic E-state index is 13.0. The molecule has 2 aromatic rings. The number of rotatable bonds is 8. The lowest BCUT2D eigenvalue weighted by Crippen LogP contribution is -2.13. The molecule has 1 saturated carbocycles. The number of ether oxygens (including phenoxy) is 3. The van der Waals surface area contributed by atoms with Gasteiger partial charge in [0.15, 0.2) is 6.79 Å². The molecule has 0 N–H and O–H groups in total. The van der Waals surface area contributed by atoms with E-state index in [1.165, 1.54) is 12.8 Å². The van der Waals surface area contributed by atoms with E-state index in [-0.39, 0.29) is 12.8 Å². The molecular weight excluding hydrogens is 352 g/mol. The summed E-state index contributed by atoms with van der Waals surface area (Å²) in [4.78, 5) is 13.0. The highest BCUT2D eigenvalue weighted by Crippen LogP contribution is 2.41. The molecule has 0 aromatic heterocycles. The van der Waals surface area contributed by atoms with Crippen LogP contribution in [0.15, 0.2) is 54.6 Å². The zero-order valence-corrected chi connectivity index (χ0v) is 16.6. The van der Waals surface area contributed by atoms with Gasteiger partial charge in [0, 0.05) is 7.11 Å². The van der Waals surface area contributed by atoms with Gasteiger partial charge in [-0.1, -0.05) is 55.3 Å². The SMILES string of the molecule is CCOC(=O)C(=C(c1ccccc1)C1CCCC1)c1ccc(OCOC)cc1. The van der Waals surface area contributed by atoms with Crippen molar-refractivity contribution in [2.24, 2.45) is 5.92 Å². The zero-order valence-electron chi connectivity index (χ0n) is 16.6. The topological polar surface area (TPSA) is 44.8 Å². The molecule has 4 nitrogen and oxygen atoms in total. The van der Waals surface area contributed by atoms with Crippen LogP contribution in [-0.2, 0) is 14.3 Å². The monoisotopic (exact) mass is 380 g/mol. The lowest BCUT2D eigenvalue weighted by Gasteiger charge is -2.21. The minimum atomic E-state index is -0.265. The first-order chi connectivity index (χ1) is 13.7. The van der Waals surface area contributed by atoms with Crippen molar-refractivity contribution in [1.29, 1.82) is 0 Å². The number of carbonyl (C=O) groups is 1. The summed E-state index contributed by atoms with van der Waals surface area (Å²) < 4.78 is 15.9. The van der Waals surface area contributed by atoms with Crippen molar-refractivity contribution in [3.05, 3.63) is 65.7 Å². The molecule has 0 atom stereocenters. The minimum absolute atomic E-state index is 0.192. The third-order valence-electron chi connectivity index (χ3n) is 5.08. The van der Waals surface area contributed by atoms with Crippen molar-refractivity contribution in [3.63, 3.8) is 0 Å². The van der Waals surface area contributed by atoms with Gasteiger partial charge in [0.2, 0.25) is 0 Å². The Kier molecular flexibility index (Phi) is 7.26. The Hall–Kier alpha value is -2.59. The number of methoxy groups -OCH3 is 1. The van der Waals surface area contributed by atoms with Gasteiger partial charge in [-0.3, -0.25) is 0 Å². The first kappa shape index (κ1) is 20.2. The Morgan fingerprint density at radius 1 is 0.964 bits per heavy atom. The predicted molar refractivity (Wildman–Crippen MR) is 111 cm³/mol. The number of carbonyl (C=O) groups excluding carboxylic acids is 1. The highest BCUT2D eigenvalue weighted by molar-refractivity contribution is 6.24. The van der Waals surface area contributed by atoms with E-state index < -0.39 is 0 Å². The van der Waals surface area contributed by atoms with E-state index in [2.05, 4.69) is 12.1 Å². The van der Waals surface area contributed by atoms with Crippen LogP contribution in [0.4, 0.5) is 0 Å². The minimum Gasteiger partial charge on any atom is -0.468 e. The molecule has 0 unspecified atom stereocenters. The van der Waals surface area contributed by atoms with Crippen LogP contribution >= 0.6 is 0 Å². The summed E-state index contributed by atoms with van der Waals surface area (Å²) in [5, 5.41) is 0. The van der Waals surface area contributed by atoms with Crippen LogP contribution in [0.1, 0.15) is 43.7 Å². The first-order valence-corrected chi connectivity index (χ1v) is 9.93. The molecule has 3 rings (SSSR count). The predicted octanol–water partition coefficient (Wildman–Crippen LogP) is 5.33. The largest absolute Gasteiger partial charge is 0.468 e. The van der Waals surface area contributed by atoms with Crippen LogP contribution in [0.3, 0.4) is 0 Å². The smallest absolute Gasteiger partial charge is 0.339 e. The molecule has 2 aromatic carbocycles. The molecule has 0 spiro atoms. The summed E-state index contributed by atoms with van der Waals surface area (Å²) in [5.41, 5.74) is 3.71. The zero-order chi connectivity index (χ0) is 19.8. The fourth-order valence-corrected chi connectivity index (χ4v) is 3.85. The molecule has 4 heteroatoms. The molecule has 0 radical (unpaired) electrons. The van der Waals surface area contributed by atoms with Gasteiger partial charge in [-0.15, -0.1) is 0 Å². The van der Waals surface area contributed by atoms with Crippen LogP contribution in [0, 0.1) is 5.92 Å². The molecule has 0 aliphatic heterocycles. The van der Waals surface area contributed by atoms with Gasteiger partial charge in [0.25, 0.3) is 0 Å². The number of benzene rings is 2. The fourth-order valence-electron chi connectivity index (χ4n) is 3.85. The Morgan fingerprint density at radius 3 is 2.25 bits per heavy atom. The van der Waals surface area contributed by atoms with E-state index in [0.717, 1.165) is 29.5 Å². The third kappa shape index (κ3) is 4.82. The molecule has 0 amide bonds. The molecule has 0 heterocycles. The second-order valence-electron chi connectivity index (χ2n) is 6.93. The maximum Gasteiger partial charge on any atom is 0.339 e. The normalized spacial score (nSPS) is 15.2. The summed E-state index contributed by atoms with van der Waals surface area (Å²) in [5.74, 6) is 0.806. The van der Waals surface area contributed by atoms with Crippen LogP contribution in [0.5, 0.6) is 5.75 Å². The van der Waals surface area contributed by atoms with E-state index >= 15 is 0 Å². The van der Waals surface area contributed by atoms with Crippen molar-refractivity contribution in [2.45, 2.75) is 32.6 Å². The molecule has 1 aliphatic carbocycles. The molecule has 0 saturated heterocycles. The van der Waals surface area contributed by atoms with Crippen molar-refractivity contribution >= 4 is 17.1 Å². The highest BCUT2D eigenvalue weighted by Gasteiger charge is 2.28. The van der Waals surface area contributed by atoms with Gasteiger partial charge in [-0.2, -0.15) is 0 Å².